The molecule has 0 aromatic heterocycles. The van der Waals surface area contributed by atoms with Gasteiger partial charge in [-0.2, -0.15) is 0 Å². The van der Waals surface area contributed by atoms with Crippen molar-refractivity contribution in [1.82, 2.24) is 4.90 Å². The minimum absolute atomic E-state index is 0.531. The lowest BCUT2D eigenvalue weighted by atomic mass is 10.2. The van der Waals surface area contributed by atoms with E-state index < -0.39 is 0 Å². The number of benzene rings is 1. The first kappa shape index (κ1) is 13.6. The summed E-state index contributed by atoms with van der Waals surface area (Å²) in [5.74, 6) is 1.56. The zero-order chi connectivity index (χ0) is 14.1. The summed E-state index contributed by atoms with van der Waals surface area (Å²) in [6, 6.07) is 8.11. The highest BCUT2D eigenvalue weighted by Crippen LogP contribution is 2.35. The first-order valence-electron chi connectivity index (χ1n) is 7.45. The number of hydrogen-bond acceptors (Lipinski definition) is 4. The van der Waals surface area contributed by atoms with Crippen LogP contribution in [-0.2, 0) is 0 Å². The molecule has 0 bridgehead atoms. The summed E-state index contributed by atoms with van der Waals surface area (Å²) in [6.45, 7) is 3.49. The highest BCUT2D eigenvalue weighted by atomic mass is 16.5. The summed E-state index contributed by atoms with van der Waals surface area (Å²) in [5, 5.41) is 3.63. The maximum absolute atomic E-state index is 5.36. The Labute approximate surface area is 121 Å². The van der Waals surface area contributed by atoms with E-state index in [9.17, 15) is 0 Å². The fourth-order valence-electron chi connectivity index (χ4n) is 3.24. The number of rotatable bonds is 5. The van der Waals surface area contributed by atoms with Crippen molar-refractivity contribution in [1.29, 1.82) is 0 Å². The fraction of sp³-hybridized carbons (Fsp3) is 0.625. The Morgan fingerprint density at radius 3 is 2.55 bits per heavy atom. The van der Waals surface area contributed by atoms with Crippen LogP contribution in [0, 0.1) is 0 Å². The third-order valence-electron chi connectivity index (χ3n) is 4.39. The van der Waals surface area contributed by atoms with Gasteiger partial charge in [-0.15, -0.1) is 0 Å². The molecule has 0 spiro atoms. The molecule has 2 unspecified atom stereocenters. The van der Waals surface area contributed by atoms with Gasteiger partial charge in [0.05, 0.1) is 14.2 Å². The number of hydrogen-bond donors (Lipinski definition) is 1. The molecule has 1 aliphatic heterocycles. The zero-order valence-corrected chi connectivity index (χ0v) is 12.6. The van der Waals surface area contributed by atoms with Gasteiger partial charge < -0.3 is 14.8 Å². The van der Waals surface area contributed by atoms with E-state index in [1.54, 1.807) is 14.2 Å². The van der Waals surface area contributed by atoms with Crippen LogP contribution in [0.1, 0.15) is 26.2 Å². The van der Waals surface area contributed by atoms with E-state index in [-0.39, 0.29) is 0 Å². The molecule has 1 aromatic carbocycles. The minimum atomic E-state index is 0.531. The molecule has 1 heterocycles. The molecule has 110 valence electrons. The van der Waals surface area contributed by atoms with Crippen molar-refractivity contribution in [3.8, 4) is 11.5 Å². The number of nitrogens with zero attached hydrogens (tertiary/aromatic N) is 1. The van der Waals surface area contributed by atoms with Crippen molar-refractivity contribution in [2.75, 3.05) is 26.1 Å². The van der Waals surface area contributed by atoms with Crippen LogP contribution in [0.15, 0.2) is 18.2 Å². The SMILES string of the molecule is COc1ccc(NC2CC(C)N(C3CC3)C2)cc1OC. The lowest BCUT2D eigenvalue weighted by molar-refractivity contribution is 0.257. The van der Waals surface area contributed by atoms with Gasteiger partial charge in [-0.3, -0.25) is 4.90 Å². The first-order valence-corrected chi connectivity index (χ1v) is 7.45. The Balaban J connectivity index is 1.66. The molecule has 1 aromatic rings. The van der Waals surface area contributed by atoms with E-state index in [2.05, 4.69) is 23.2 Å². The summed E-state index contributed by atoms with van der Waals surface area (Å²) < 4.78 is 10.6. The van der Waals surface area contributed by atoms with Crippen LogP contribution in [-0.4, -0.2) is 43.8 Å². The molecule has 2 fully saturated rings. The Kier molecular flexibility index (Phi) is 3.74. The lowest BCUT2D eigenvalue weighted by Crippen LogP contribution is -2.31. The number of ether oxygens (including phenoxy) is 2. The van der Waals surface area contributed by atoms with Crippen LogP contribution in [0.5, 0.6) is 11.5 Å². The third kappa shape index (κ3) is 2.70. The van der Waals surface area contributed by atoms with Gasteiger partial charge in [0.25, 0.3) is 0 Å². The highest BCUT2D eigenvalue weighted by molar-refractivity contribution is 5.55. The summed E-state index contributed by atoms with van der Waals surface area (Å²) >= 11 is 0. The molecule has 3 rings (SSSR count). The van der Waals surface area contributed by atoms with Crippen molar-refractivity contribution in [3.05, 3.63) is 18.2 Å². The molecule has 20 heavy (non-hydrogen) atoms. The molecule has 4 nitrogen and oxygen atoms in total. The van der Waals surface area contributed by atoms with Gasteiger partial charge in [0.1, 0.15) is 0 Å². The average molecular weight is 276 g/mol. The van der Waals surface area contributed by atoms with Gasteiger partial charge in [0, 0.05) is 36.4 Å². The Morgan fingerprint density at radius 2 is 1.90 bits per heavy atom. The van der Waals surface area contributed by atoms with Crippen LogP contribution in [0.25, 0.3) is 0 Å². The second kappa shape index (κ2) is 5.52. The highest BCUT2D eigenvalue weighted by Gasteiger charge is 2.38. The molecule has 0 amide bonds. The second-order valence-electron chi connectivity index (χ2n) is 5.92. The van der Waals surface area contributed by atoms with Crippen molar-refractivity contribution >= 4 is 5.69 Å². The van der Waals surface area contributed by atoms with Crippen LogP contribution >= 0.6 is 0 Å². The smallest absolute Gasteiger partial charge is 0.162 e. The largest absolute Gasteiger partial charge is 0.493 e. The molecule has 2 aliphatic rings. The van der Waals surface area contributed by atoms with Gasteiger partial charge in [-0.05, 0) is 38.3 Å². The number of anilines is 1. The molecule has 1 N–H and O–H groups in total. The number of nitrogens with one attached hydrogen (secondary N) is 1. The maximum atomic E-state index is 5.36. The molecule has 1 saturated heterocycles. The van der Waals surface area contributed by atoms with Crippen molar-refractivity contribution in [2.24, 2.45) is 0 Å². The fourth-order valence-corrected chi connectivity index (χ4v) is 3.24. The van der Waals surface area contributed by atoms with Gasteiger partial charge in [-0.1, -0.05) is 0 Å². The topological polar surface area (TPSA) is 33.7 Å². The molecule has 0 radical (unpaired) electrons. The minimum Gasteiger partial charge on any atom is -0.493 e. The lowest BCUT2D eigenvalue weighted by Gasteiger charge is -2.20. The molecule has 4 heteroatoms. The molecular formula is C16H24N2O2. The van der Waals surface area contributed by atoms with Gasteiger partial charge >= 0.3 is 0 Å². The molecule has 2 atom stereocenters. The second-order valence-corrected chi connectivity index (χ2v) is 5.92. The number of methoxy groups -OCH3 is 2. The predicted octanol–water partition coefficient (Wildman–Crippen LogP) is 2.74. The molecule has 1 saturated carbocycles. The molecular weight excluding hydrogens is 252 g/mol. The van der Waals surface area contributed by atoms with Gasteiger partial charge in [-0.25, -0.2) is 0 Å². The van der Waals surface area contributed by atoms with E-state index in [1.807, 2.05) is 12.1 Å². The van der Waals surface area contributed by atoms with Crippen LogP contribution < -0.4 is 14.8 Å². The quantitative estimate of drug-likeness (QED) is 0.896. The standard InChI is InChI=1S/C16H24N2O2/c1-11-8-13(10-18(11)14-5-6-14)17-12-4-7-15(19-2)16(9-12)20-3/h4,7,9,11,13-14,17H,5-6,8,10H2,1-3H3. The zero-order valence-electron chi connectivity index (χ0n) is 12.6. The summed E-state index contributed by atoms with van der Waals surface area (Å²) in [4.78, 5) is 2.65. The first-order chi connectivity index (χ1) is 9.71. The van der Waals surface area contributed by atoms with E-state index in [1.165, 1.54) is 19.3 Å². The third-order valence-corrected chi connectivity index (χ3v) is 4.39. The molecule has 1 aliphatic carbocycles. The van der Waals surface area contributed by atoms with Gasteiger partial charge in [0.15, 0.2) is 11.5 Å². The van der Waals surface area contributed by atoms with E-state index >= 15 is 0 Å². The van der Waals surface area contributed by atoms with Crippen LogP contribution in [0.3, 0.4) is 0 Å². The maximum Gasteiger partial charge on any atom is 0.162 e. The Bertz CT molecular complexity index is 474. The van der Waals surface area contributed by atoms with Gasteiger partial charge in [0.2, 0.25) is 0 Å². The van der Waals surface area contributed by atoms with Crippen molar-refractivity contribution in [2.45, 2.75) is 44.3 Å². The van der Waals surface area contributed by atoms with Crippen molar-refractivity contribution in [3.63, 3.8) is 0 Å². The van der Waals surface area contributed by atoms with Crippen LogP contribution in [0.2, 0.25) is 0 Å². The van der Waals surface area contributed by atoms with Crippen LogP contribution in [0.4, 0.5) is 5.69 Å². The van der Waals surface area contributed by atoms with E-state index in [4.69, 9.17) is 9.47 Å². The van der Waals surface area contributed by atoms with Crippen molar-refractivity contribution < 1.29 is 9.47 Å². The predicted molar refractivity (Wildman–Crippen MR) is 80.8 cm³/mol. The Hall–Kier alpha value is -1.42. The van der Waals surface area contributed by atoms with E-state index in [0.717, 1.165) is 29.8 Å². The summed E-state index contributed by atoms with van der Waals surface area (Å²) in [7, 11) is 3.34. The van der Waals surface area contributed by atoms with E-state index in [0.29, 0.717) is 12.1 Å². The number of likely N-dealkylation sites (tertiary alicyclic amines) is 1. The normalized spacial score (nSPS) is 26.6. The average Bonchev–Trinajstić information content (AvgIpc) is 3.23. The summed E-state index contributed by atoms with van der Waals surface area (Å²) in [6.07, 6.45) is 3.98. The monoisotopic (exact) mass is 276 g/mol. The summed E-state index contributed by atoms with van der Waals surface area (Å²) in [5.41, 5.74) is 1.11. The Morgan fingerprint density at radius 1 is 1.15 bits per heavy atom.